The lowest BCUT2D eigenvalue weighted by molar-refractivity contribution is -0.130. The molecule has 2 unspecified atom stereocenters. The van der Waals surface area contributed by atoms with Gasteiger partial charge in [0.05, 0.1) is 18.3 Å². The summed E-state index contributed by atoms with van der Waals surface area (Å²) in [6.45, 7) is 5.21. The van der Waals surface area contributed by atoms with Crippen LogP contribution in [0.25, 0.3) is 11.0 Å². The maximum atomic E-state index is 12.7. The molecule has 0 radical (unpaired) electrons. The Morgan fingerprint density at radius 1 is 1.20 bits per heavy atom. The number of carbonyl (C=O) groups is 3. The molecule has 3 amide bonds. The molecule has 3 N–H and O–H groups in total. The summed E-state index contributed by atoms with van der Waals surface area (Å²) >= 11 is 0. The van der Waals surface area contributed by atoms with Gasteiger partial charge in [0, 0.05) is 12.3 Å². The number of amides is 3. The van der Waals surface area contributed by atoms with Gasteiger partial charge in [-0.2, -0.15) is 0 Å². The van der Waals surface area contributed by atoms with Crippen LogP contribution in [-0.2, 0) is 14.3 Å². The normalized spacial score (nSPS) is 19.0. The lowest BCUT2D eigenvalue weighted by Crippen LogP contribution is -2.57. The molecule has 0 saturated carbocycles. The predicted octanol–water partition coefficient (Wildman–Crippen LogP) is 1.75. The van der Waals surface area contributed by atoms with Gasteiger partial charge in [0.25, 0.3) is 0 Å². The first-order valence-corrected chi connectivity index (χ1v) is 9.57. The van der Waals surface area contributed by atoms with E-state index in [1.807, 2.05) is 0 Å². The highest BCUT2D eigenvalue weighted by atomic mass is 16.6. The number of piperidine rings is 1. The summed E-state index contributed by atoms with van der Waals surface area (Å²) in [6.07, 6.45) is 1.56. The Balaban J connectivity index is 1.64. The summed E-state index contributed by atoms with van der Waals surface area (Å²) in [7, 11) is 1.50. The SMILES string of the molecule is COc1ccc2nccc(NC(=O)C3CCC(NC(=O)OC(C)(C)C)C(=O)N3)c2n1. The number of ether oxygens (including phenoxy) is 2. The largest absolute Gasteiger partial charge is 0.481 e. The summed E-state index contributed by atoms with van der Waals surface area (Å²) in [5.74, 6) is -0.421. The average Bonchev–Trinajstić information content (AvgIpc) is 2.68. The molecule has 0 spiro atoms. The van der Waals surface area contributed by atoms with E-state index in [0.717, 1.165) is 0 Å². The Morgan fingerprint density at radius 2 is 1.97 bits per heavy atom. The first kappa shape index (κ1) is 21.3. The molecule has 1 saturated heterocycles. The number of fused-ring (bicyclic) bond motifs is 1. The first-order valence-electron chi connectivity index (χ1n) is 9.57. The van der Waals surface area contributed by atoms with Gasteiger partial charge < -0.3 is 25.4 Å². The molecule has 10 nitrogen and oxygen atoms in total. The van der Waals surface area contributed by atoms with Crippen molar-refractivity contribution in [2.75, 3.05) is 12.4 Å². The lowest BCUT2D eigenvalue weighted by Gasteiger charge is -2.29. The standard InChI is InChI=1S/C20H25N5O5/c1-20(2,3)30-19(28)24-14-6-5-13(23-18(14)27)17(26)22-12-9-10-21-11-7-8-15(29-4)25-16(11)12/h7-10,13-14H,5-6H2,1-4H3,(H,23,27)(H,24,28)(H,21,22,26). The monoisotopic (exact) mass is 415 g/mol. The van der Waals surface area contributed by atoms with Gasteiger partial charge >= 0.3 is 6.09 Å². The molecule has 2 atom stereocenters. The third-order valence-corrected chi connectivity index (χ3v) is 4.41. The number of pyridine rings is 2. The molecule has 0 aromatic carbocycles. The Bertz CT molecular complexity index is 972. The van der Waals surface area contributed by atoms with Crippen LogP contribution < -0.4 is 20.7 Å². The minimum atomic E-state index is -0.753. The second-order valence-electron chi connectivity index (χ2n) is 7.91. The van der Waals surface area contributed by atoms with E-state index in [1.165, 1.54) is 7.11 Å². The van der Waals surface area contributed by atoms with E-state index in [4.69, 9.17) is 9.47 Å². The van der Waals surface area contributed by atoms with Crippen LogP contribution in [0.2, 0.25) is 0 Å². The zero-order valence-electron chi connectivity index (χ0n) is 17.3. The Kier molecular flexibility index (Phi) is 6.04. The molecular formula is C20H25N5O5. The number of methoxy groups -OCH3 is 1. The summed E-state index contributed by atoms with van der Waals surface area (Å²) in [4.78, 5) is 45.5. The molecule has 1 aliphatic rings. The number of hydrogen-bond acceptors (Lipinski definition) is 7. The van der Waals surface area contributed by atoms with E-state index in [0.29, 0.717) is 35.4 Å². The molecule has 1 aliphatic heterocycles. The highest BCUT2D eigenvalue weighted by Crippen LogP contribution is 2.23. The minimum absolute atomic E-state index is 0.312. The van der Waals surface area contributed by atoms with Crippen LogP contribution >= 0.6 is 0 Å². The second kappa shape index (κ2) is 8.52. The molecule has 2 aromatic heterocycles. The molecule has 160 valence electrons. The van der Waals surface area contributed by atoms with E-state index < -0.39 is 29.7 Å². The van der Waals surface area contributed by atoms with Gasteiger partial charge in [0.15, 0.2) is 0 Å². The van der Waals surface area contributed by atoms with Crippen molar-refractivity contribution in [1.29, 1.82) is 0 Å². The van der Waals surface area contributed by atoms with Crippen LogP contribution in [0, 0.1) is 0 Å². The van der Waals surface area contributed by atoms with Crippen molar-refractivity contribution in [3.63, 3.8) is 0 Å². The van der Waals surface area contributed by atoms with Gasteiger partial charge in [-0.15, -0.1) is 0 Å². The Labute approximate surface area is 173 Å². The number of carbonyl (C=O) groups excluding carboxylic acids is 3. The van der Waals surface area contributed by atoms with Crippen LogP contribution in [0.1, 0.15) is 33.6 Å². The number of aromatic nitrogens is 2. The van der Waals surface area contributed by atoms with Crippen LogP contribution in [0.3, 0.4) is 0 Å². The smallest absolute Gasteiger partial charge is 0.408 e. The molecule has 3 heterocycles. The van der Waals surface area contributed by atoms with E-state index in [9.17, 15) is 14.4 Å². The van der Waals surface area contributed by atoms with Gasteiger partial charge in [-0.1, -0.05) is 0 Å². The highest BCUT2D eigenvalue weighted by Gasteiger charge is 2.33. The molecular weight excluding hydrogens is 390 g/mol. The van der Waals surface area contributed by atoms with Gasteiger partial charge in [0.2, 0.25) is 17.7 Å². The van der Waals surface area contributed by atoms with Crippen molar-refractivity contribution in [1.82, 2.24) is 20.6 Å². The molecule has 0 bridgehead atoms. The van der Waals surface area contributed by atoms with Crippen molar-refractivity contribution in [3.8, 4) is 5.88 Å². The fourth-order valence-electron chi connectivity index (χ4n) is 3.03. The second-order valence-corrected chi connectivity index (χ2v) is 7.91. The number of alkyl carbamates (subject to hydrolysis) is 1. The van der Waals surface area contributed by atoms with Crippen LogP contribution in [-0.4, -0.2) is 52.7 Å². The summed E-state index contributed by atoms with van der Waals surface area (Å²) < 4.78 is 10.3. The molecule has 30 heavy (non-hydrogen) atoms. The lowest BCUT2D eigenvalue weighted by atomic mass is 9.99. The van der Waals surface area contributed by atoms with E-state index in [2.05, 4.69) is 25.9 Å². The van der Waals surface area contributed by atoms with Crippen LogP contribution in [0.15, 0.2) is 24.4 Å². The van der Waals surface area contributed by atoms with Crippen molar-refractivity contribution in [2.24, 2.45) is 0 Å². The third kappa shape index (κ3) is 5.13. The zero-order valence-corrected chi connectivity index (χ0v) is 17.3. The zero-order chi connectivity index (χ0) is 21.9. The maximum Gasteiger partial charge on any atom is 0.408 e. The Hall–Kier alpha value is -3.43. The molecule has 10 heteroatoms. The molecule has 3 rings (SSSR count). The van der Waals surface area contributed by atoms with Gasteiger partial charge in [-0.3, -0.25) is 14.6 Å². The van der Waals surface area contributed by atoms with Gasteiger partial charge in [-0.05, 0) is 45.7 Å². The minimum Gasteiger partial charge on any atom is -0.481 e. The maximum absolute atomic E-state index is 12.7. The summed E-state index contributed by atoms with van der Waals surface area (Å²) in [5, 5.41) is 7.97. The fraction of sp³-hybridized carbons (Fsp3) is 0.450. The van der Waals surface area contributed by atoms with Crippen LogP contribution in [0.4, 0.5) is 10.5 Å². The van der Waals surface area contributed by atoms with E-state index >= 15 is 0 Å². The van der Waals surface area contributed by atoms with Gasteiger partial charge in [0.1, 0.15) is 23.2 Å². The highest BCUT2D eigenvalue weighted by molar-refractivity contribution is 6.03. The third-order valence-electron chi connectivity index (χ3n) is 4.41. The average molecular weight is 415 g/mol. The number of nitrogens with one attached hydrogen (secondary N) is 3. The fourth-order valence-corrected chi connectivity index (χ4v) is 3.03. The molecule has 0 aliphatic carbocycles. The van der Waals surface area contributed by atoms with Crippen molar-refractivity contribution in [3.05, 3.63) is 24.4 Å². The predicted molar refractivity (Wildman–Crippen MR) is 109 cm³/mol. The van der Waals surface area contributed by atoms with Gasteiger partial charge in [-0.25, -0.2) is 9.78 Å². The summed E-state index contributed by atoms with van der Waals surface area (Å²) in [5.41, 5.74) is 0.883. The van der Waals surface area contributed by atoms with Crippen molar-refractivity contribution < 1.29 is 23.9 Å². The summed E-state index contributed by atoms with van der Waals surface area (Å²) in [6, 6.07) is 3.57. The molecule has 2 aromatic rings. The van der Waals surface area contributed by atoms with E-state index in [-0.39, 0.29) is 5.91 Å². The number of anilines is 1. The van der Waals surface area contributed by atoms with E-state index in [1.54, 1.807) is 45.2 Å². The quantitative estimate of drug-likeness (QED) is 0.693. The number of nitrogens with zero attached hydrogens (tertiary/aromatic N) is 2. The van der Waals surface area contributed by atoms with Crippen molar-refractivity contribution in [2.45, 2.75) is 51.3 Å². The number of rotatable bonds is 4. The Morgan fingerprint density at radius 3 is 2.63 bits per heavy atom. The number of hydrogen-bond donors (Lipinski definition) is 3. The topological polar surface area (TPSA) is 132 Å². The van der Waals surface area contributed by atoms with Crippen LogP contribution in [0.5, 0.6) is 5.88 Å². The van der Waals surface area contributed by atoms with Crippen molar-refractivity contribution >= 4 is 34.6 Å². The molecule has 1 fully saturated rings. The first-order chi connectivity index (χ1) is 14.2.